The molecule has 0 aromatic carbocycles. The number of hydrogen-bond acceptors (Lipinski definition) is 4. The van der Waals surface area contributed by atoms with Gasteiger partial charge in [-0.05, 0) is 25.7 Å². The van der Waals surface area contributed by atoms with E-state index in [1.807, 2.05) is 20.8 Å². The van der Waals surface area contributed by atoms with Gasteiger partial charge in [-0.15, -0.1) is 11.3 Å². The maximum absolute atomic E-state index is 11.8. The fourth-order valence-electron chi connectivity index (χ4n) is 2.46. The Morgan fingerprint density at radius 3 is 2.57 bits per heavy atom. The van der Waals surface area contributed by atoms with E-state index in [1.54, 1.807) is 11.3 Å². The molecule has 5 nitrogen and oxygen atoms in total. The van der Waals surface area contributed by atoms with Crippen LogP contribution in [0.4, 0.5) is 0 Å². The largest absolute Gasteiger partial charge is 0.356 e. The molecule has 23 heavy (non-hydrogen) atoms. The van der Waals surface area contributed by atoms with Crippen LogP contribution in [0.15, 0.2) is 0 Å². The average Bonchev–Trinajstić information content (AvgIpc) is 2.88. The van der Waals surface area contributed by atoms with Crippen molar-refractivity contribution in [2.45, 2.75) is 59.3 Å². The standard InChI is InChI=1S/C17H27N3O2S/c1-17(2,3)16(22)19-10-8-14(21)18-11-9-15-20-12-6-4-5-7-13(12)23-15/h4-11H2,1-3H3,(H,18,21)(H,19,22). The van der Waals surface area contributed by atoms with Crippen molar-refractivity contribution in [2.75, 3.05) is 13.1 Å². The van der Waals surface area contributed by atoms with Gasteiger partial charge in [0.2, 0.25) is 11.8 Å². The second-order valence-corrected chi connectivity index (χ2v) is 8.21. The summed E-state index contributed by atoms with van der Waals surface area (Å²) in [5, 5.41) is 6.81. The molecule has 128 valence electrons. The van der Waals surface area contributed by atoms with Crippen LogP contribution in [0.25, 0.3) is 0 Å². The SMILES string of the molecule is CC(C)(C)C(=O)NCCC(=O)NCCc1nc2c(s1)CCCC2. The van der Waals surface area contributed by atoms with E-state index in [9.17, 15) is 9.59 Å². The third-order valence-corrected chi connectivity index (χ3v) is 5.09. The third-order valence-electron chi connectivity index (χ3n) is 3.87. The first-order valence-corrected chi connectivity index (χ1v) is 9.20. The Morgan fingerprint density at radius 2 is 1.87 bits per heavy atom. The molecule has 0 unspecified atom stereocenters. The molecule has 0 saturated heterocycles. The average molecular weight is 337 g/mol. The number of nitrogens with zero attached hydrogens (tertiary/aromatic N) is 1. The van der Waals surface area contributed by atoms with Gasteiger partial charge in [0.25, 0.3) is 0 Å². The number of hydrogen-bond donors (Lipinski definition) is 2. The highest BCUT2D eigenvalue weighted by molar-refractivity contribution is 7.11. The molecule has 0 radical (unpaired) electrons. The summed E-state index contributed by atoms with van der Waals surface area (Å²) in [6.07, 6.45) is 5.88. The summed E-state index contributed by atoms with van der Waals surface area (Å²) in [6, 6.07) is 0. The Morgan fingerprint density at radius 1 is 1.13 bits per heavy atom. The minimum Gasteiger partial charge on any atom is -0.356 e. The van der Waals surface area contributed by atoms with E-state index < -0.39 is 5.41 Å². The van der Waals surface area contributed by atoms with Crippen LogP contribution >= 0.6 is 11.3 Å². The lowest BCUT2D eigenvalue weighted by atomic mass is 9.96. The van der Waals surface area contributed by atoms with Gasteiger partial charge in [-0.25, -0.2) is 4.98 Å². The molecular formula is C17H27N3O2S. The third kappa shape index (κ3) is 5.61. The van der Waals surface area contributed by atoms with Crippen LogP contribution in [0.2, 0.25) is 0 Å². The smallest absolute Gasteiger partial charge is 0.225 e. The van der Waals surface area contributed by atoms with Crippen molar-refractivity contribution in [3.8, 4) is 0 Å². The normalized spacial score (nSPS) is 14.2. The molecule has 0 aliphatic heterocycles. The number of nitrogens with one attached hydrogen (secondary N) is 2. The lowest BCUT2D eigenvalue weighted by molar-refractivity contribution is -0.128. The molecule has 0 bridgehead atoms. The van der Waals surface area contributed by atoms with Gasteiger partial charge in [-0.3, -0.25) is 9.59 Å². The predicted octanol–water partition coefficient (Wildman–Crippen LogP) is 2.23. The number of rotatable bonds is 6. The van der Waals surface area contributed by atoms with Crippen molar-refractivity contribution in [1.29, 1.82) is 0 Å². The second-order valence-electron chi connectivity index (χ2n) is 7.04. The van der Waals surface area contributed by atoms with Gasteiger partial charge in [0.1, 0.15) is 0 Å². The molecule has 1 aromatic heterocycles. The van der Waals surface area contributed by atoms with E-state index in [4.69, 9.17) is 0 Å². The molecule has 6 heteroatoms. The molecule has 1 aromatic rings. The van der Waals surface area contributed by atoms with E-state index in [2.05, 4.69) is 15.6 Å². The van der Waals surface area contributed by atoms with Crippen LogP contribution in [0, 0.1) is 5.41 Å². The highest BCUT2D eigenvalue weighted by atomic mass is 32.1. The summed E-state index contributed by atoms with van der Waals surface area (Å²) >= 11 is 1.79. The van der Waals surface area contributed by atoms with E-state index in [0.717, 1.165) is 24.3 Å². The summed E-state index contributed by atoms with van der Waals surface area (Å²) < 4.78 is 0. The maximum atomic E-state index is 11.8. The molecule has 0 atom stereocenters. The fraction of sp³-hybridized carbons (Fsp3) is 0.706. The number of thiazole rings is 1. The van der Waals surface area contributed by atoms with Gasteiger partial charge in [0, 0.05) is 36.2 Å². The van der Waals surface area contributed by atoms with Crippen LogP contribution in [0.1, 0.15) is 55.6 Å². The number of fused-ring (bicyclic) bond motifs is 1. The minimum atomic E-state index is -0.416. The van der Waals surface area contributed by atoms with Crippen LogP contribution in [-0.4, -0.2) is 29.9 Å². The molecular weight excluding hydrogens is 310 g/mol. The zero-order valence-corrected chi connectivity index (χ0v) is 15.1. The van der Waals surface area contributed by atoms with Crippen LogP contribution < -0.4 is 10.6 Å². The van der Waals surface area contributed by atoms with Crippen molar-refractivity contribution >= 4 is 23.2 Å². The second kappa shape index (κ2) is 7.90. The van der Waals surface area contributed by atoms with E-state index >= 15 is 0 Å². The number of aryl methyl sites for hydroxylation is 2. The lowest BCUT2D eigenvalue weighted by Gasteiger charge is -2.17. The van der Waals surface area contributed by atoms with Gasteiger partial charge in [-0.1, -0.05) is 20.8 Å². The Kier molecular flexibility index (Phi) is 6.16. The monoisotopic (exact) mass is 337 g/mol. The van der Waals surface area contributed by atoms with Crippen molar-refractivity contribution in [3.05, 3.63) is 15.6 Å². The Balaban J connectivity index is 1.63. The summed E-state index contributed by atoms with van der Waals surface area (Å²) in [4.78, 5) is 29.6. The van der Waals surface area contributed by atoms with Crippen LogP contribution in [0.5, 0.6) is 0 Å². The summed E-state index contributed by atoms with van der Waals surface area (Å²) in [5.41, 5.74) is 0.855. The number of aromatic nitrogens is 1. The maximum Gasteiger partial charge on any atom is 0.225 e. The highest BCUT2D eigenvalue weighted by Gasteiger charge is 2.20. The van der Waals surface area contributed by atoms with Gasteiger partial charge in [0.15, 0.2) is 0 Å². The lowest BCUT2D eigenvalue weighted by Crippen LogP contribution is -2.37. The van der Waals surface area contributed by atoms with Crippen LogP contribution in [-0.2, 0) is 28.9 Å². The summed E-state index contributed by atoms with van der Waals surface area (Å²) in [5.74, 6) is -0.0563. The molecule has 1 heterocycles. The van der Waals surface area contributed by atoms with Crippen molar-refractivity contribution in [3.63, 3.8) is 0 Å². The van der Waals surface area contributed by atoms with E-state index in [-0.39, 0.29) is 11.8 Å². The number of carbonyl (C=O) groups excluding carboxylic acids is 2. The molecule has 2 amide bonds. The Hall–Kier alpha value is -1.43. The summed E-state index contributed by atoms with van der Waals surface area (Å²) in [6.45, 7) is 6.56. The van der Waals surface area contributed by atoms with Gasteiger partial charge >= 0.3 is 0 Å². The van der Waals surface area contributed by atoms with E-state index in [0.29, 0.717) is 19.5 Å². The Labute approximate surface area is 142 Å². The first-order valence-electron chi connectivity index (χ1n) is 8.39. The molecule has 0 saturated carbocycles. The van der Waals surface area contributed by atoms with Gasteiger partial charge in [0.05, 0.1) is 10.7 Å². The van der Waals surface area contributed by atoms with Gasteiger partial charge < -0.3 is 10.6 Å². The quantitative estimate of drug-likeness (QED) is 0.836. The van der Waals surface area contributed by atoms with Crippen molar-refractivity contribution in [1.82, 2.24) is 15.6 Å². The first kappa shape index (κ1) is 17.9. The van der Waals surface area contributed by atoms with Gasteiger partial charge in [-0.2, -0.15) is 0 Å². The van der Waals surface area contributed by atoms with Crippen LogP contribution in [0.3, 0.4) is 0 Å². The number of carbonyl (C=O) groups is 2. The molecule has 0 fully saturated rings. The minimum absolute atomic E-state index is 0.0273. The zero-order chi connectivity index (χ0) is 16.9. The van der Waals surface area contributed by atoms with Crippen molar-refractivity contribution < 1.29 is 9.59 Å². The molecule has 2 rings (SSSR count). The predicted molar refractivity (Wildman–Crippen MR) is 92.6 cm³/mol. The molecule has 1 aliphatic carbocycles. The zero-order valence-electron chi connectivity index (χ0n) is 14.3. The Bertz CT molecular complexity index is 537. The number of amides is 2. The summed E-state index contributed by atoms with van der Waals surface area (Å²) in [7, 11) is 0. The van der Waals surface area contributed by atoms with E-state index in [1.165, 1.54) is 23.4 Å². The highest BCUT2D eigenvalue weighted by Crippen LogP contribution is 2.26. The molecule has 0 spiro atoms. The van der Waals surface area contributed by atoms with Crippen molar-refractivity contribution in [2.24, 2.45) is 5.41 Å². The first-order chi connectivity index (χ1) is 10.9. The molecule has 1 aliphatic rings. The fourth-order valence-corrected chi connectivity index (χ4v) is 3.62. The molecule has 2 N–H and O–H groups in total. The topological polar surface area (TPSA) is 71.1 Å².